The molecule has 6 heteroatoms. The lowest BCUT2D eigenvalue weighted by atomic mass is 10.1. The summed E-state index contributed by atoms with van der Waals surface area (Å²) in [5.41, 5.74) is 5.47. The normalized spacial score (nSPS) is 14.2. The summed E-state index contributed by atoms with van der Waals surface area (Å²) in [6.45, 7) is 0. The second kappa shape index (κ2) is 3.69. The van der Waals surface area contributed by atoms with Gasteiger partial charge in [-0.1, -0.05) is 0 Å². The summed E-state index contributed by atoms with van der Waals surface area (Å²) < 4.78 is 35.6. The monoisotopic (exact) mass is 191 g/mol. The maximum atomic E-state index is 11.9. The van der Waals surface area contributed by atoms with Crippen LogP contribution in [0.25, 0.3) is 0 Å². The Morgan fingerprint density at radius 3 is 2.62 bits per heavy atom. The van der Waals surface area contributed by atoms with Gasteiger partial charge in [-0.15, -0.1) is 0 Å². The van der Waals surface area contributed by atoms with E-state index in [0.717, 1.165) is 0 Å². The molecule has 0 aromatic carbocycles. The molecule has 0 spiro atoms. The maximum Gasteiger partial charge on any atom is 0.390 e. The van der Waals surface area contributed by atoms with Crippen LogP contribution in [0.15, 0.2) is 18.6 Å². The minimum Gasteiger partial charge on any atom is -0.322 e. The largest absolute Gasteiger partial charge is 0.390 e. The van der Waals surface area contributed by atoms with E-state index in [2.05, 4.69) is 9.97 Å². The van der Waals surface area contributed by atoms with Crippen LogP contribution in [0, 0.1) is 0 Å². The number of nitrogens with two attached hydrogens (primary N) is 1. The molecule has 0 aliphatic carbocycles. The molecule has 0 bridgehead atoms. The van der Waals surface area contributed by atoms with Gasteiger partial charge in [0.1, 0.15) is 6.33 Å². The van der Waals surface area contributed by atoms with Crippen molar-refractivity contribution in [3.8, 4) is 0 Å². The number of rotatable bonds is 2. The van der Waals surface area contributed by atoms with Crippen LogP contribution in [-0.2, 0) is 0 Å². The van der Waals surface area contributed by atoms with Gasteiger partial charge in [-0.05, 0) is 6.07 Å². The summed E-state index contributed by atoms with van der Waals surface area (Å²) in [5, 5.41) is 0. The van der Waals surface area contributed by atoms with Crippen LogP contribution in [0.5, 0.6) is 0 Å². The molecule has 0 radical (unpaired) electrons. The Balaban J connectivity index is 2.64. The molecule has 0 aliphatic rings. The zero-order valence-electron chi connectivity index (χ0n) is 6.62. The van der Waals surface area contributed by atoms with Crippen LogP contribution in [-0.4, -0.2) is 16.1 Å². The Hall–Kier alpha value is -1.17. The highest BCUT2D eigenvalue weighted by Crippen LogP contribution is 2.26. The van der Waals surface area contributed by atoms with Gasteiger partial charge in [-0.3, -0.25) is 0 Å². The summed E-state index contributed by atoms with van der Waals surface area (Å²) in [5.74, 6) is 0. The summed E-state index contributed by atoms with van der Waals surface area (Å²) in [6, 6.07) is 0.263. The molecular formula is C7H8F3N3. The van der Waals surface area contributed by atoms with E-state index in [1.807, 2.05) is 0 Å². The molecule has 1 rings (SSSR count). The fourth-order valence-corrected chi connectivity index (χ4v) is 0.874. The molecule has 1 aromatic rings. The third-order valence-corrected chi connectivity index (χ3v) is 1.44. The van der Waals surface area contributed by atoms with Gasteiger partial charge in [0.05, 0.1) is 18.2 Å². The minimum absolute atomic E-state index is 0.201. The molecule has 0 fully saturated rings. The van der Waals surface area contributed by atoms with Gasteiger partial charge in [-0.2, -0.15) is 13.2 Å². The average molecular weight is 191 g/mol. The van der Waals surface area contributed by atoms with Crippen molar-refractivity contribution >= 4 is 0 Å². The number of alkyl halides is 3. The Kier molecular flexibility index (Phi) is 2.82. The van der Waals surface area contributed by atoms with Crippen molar-refractivity contribution in [2.75, 3.05) is 0 Å². The first-order chi connectivity index (χ1) is 5.99. The van der Waals surface area contributed by atoms with E-state index in [1.54, 1.807) is 0 Å². The second-order valence-corrected chi connectivity index (χ2v) is 2.56. The van der Waals surface area contributed by atoms with Gasteiger partial charge in [0, 0.05) is 6.20 Å². The molecule has 0 amide bonds. The molecule has 1 unspecified atom stereocenters. The molecule has 13 heavy (non-hydrogen) atoms. The fourth-order valence-electron chi connectivity index (χ4n) is 0.874. The first-order valence-corrected chi connectivity index (χ1v) is 3.57. The lowest BCUT2D eigenvalue weighted by Gasteiger charge is -2.12. The quantitative estimate of drug-likeness (QED) is 0.769. The second-order valence-electron chi connectivity index (χ2n) is 2.56. The van der Waals surface area contributed by atoms with E-state index in [-0.39, 0.29) is 5.69 Å². The third-order valence-electron chi connectivity index (χ3n) is 1.44. The van der Waals surface area contributed by atoms with Gasteiger partial charge >= 0.3 is 6.18 Å². The van der Waals surface area contributed by atoms with Gasteiger partial charge < -0.3 is 5.73 Å². The molecule has 1 heterocycles. The fraction of sp³-hybridized carbons (Fsp3) is 0.429. The summed E-state index contributed by atoms with van der Waals surface area (Å²) >= 11 is 0. The van der Waals surface area contributed by atoms with E-state index in [9.17, 15) is 13.2 Å². The highest BCUT2D eigenvalue weighted by atomic mass is 19.4. The van der Waals surface area contributed by atoms with E-state index < -0.39 is 18.6 Å². The van der Waals surface area contributed by atoms with Crippen molar-refractivity contribution in [3.05, 3.63) is 24.3 Å². The molecule has 0 saturated heterocycles. The average Bonchev–Trinajstić information content (AvgIpc) is 2.03. The first-order valence-electron chi connectivity index (χ1n) is 3.57. The van der Waals surface area contributed by atoms with Crippen LogP contribution in [0.2, 0.25) is 0 Å². The van der Waals surface area contributed by atoms with Crippen molar-refractivity contribution < 1.29 is 13.2 Å². The molecule has 2 N–H and O–H groups in total. The van der Waals surface area contributed by atoms with Crippen LogP contribution >= 0.6 is 0 Å². The van der Waals surface area contributed by atoms with E-state index in [4.69, 9.17) is 5.73 Å². The van der Waals surface area contributed by atoms with Gasteiger partial charge in [-0.25, -0.2) is 9.97 Å². The Morgan fingerprint density at radius 2 is 2.15 bits per heavy atom. The maximum absolute atomic E-state index is 11.9. The zero-order valence-corrected chi connectivity index (χ0v) is 6.62. The standard InChI is InChI=1S/C7H8F3N3/c8-7(9,10)3-5(11)6-1-2-12-4-13-6/h1-2,4-5H,3,11H2. The minimum atomic E-state index is -4.26. The number of nitrogens with zero attached hydrogens (tertiary/aromatic N) is 2. The van der Waals surface area contributed by atoms with Crippen LogP contribution < -0.4 is 5.73 Å². The predicted octanol–water partition coefficient (Wildman–Crippen LogP) is 1.43. The van der Waals surface area contributed by atoms with Gasteiger partial charge in [0.2, 0.25) is 0 Å². The number of aromatic nitrogens is 2. The molecule has 3 nitrogen and oxygen atoms in total. The Labute approximate surface area is 72.8 Å². The number of halogens is 3. The van der Waals surface area contributed by atoms with Crippen molar-refractivity contribution in [1.29, 1.82) is 0 Å². The topological polar surface area (TPSA) is 51.8 Å². The van der Waals surface area contributed by atoms with E-state index >= 15 is 0 Å². The summed E-state index contributed by atoms with van der Waals surface area (Å²) in [4.78, 5) is 7.20. The molecular weight excluding hydrogens is 183 g/mol. The van der Waals surface area contributed by atoms with Crippen LogP contribution in [0.3, 0.4) is 0 Å². The van der Waals surface area contributed by atoms with Crippen molar-refractivity contribution in [1.82, 2.24) is 9.97 Å². The molecule has 1 atom stereocenters. The number of hydrogen-bond acceptors (Lipinski definition) is 3. The highest BCUT2D eigenvalue weighted by molar-refractivity contribution is 5.03. The lowest BCUT2D eigenvalue weighted by Crippen LogP contribution is -2.21. The summed E-state index contributed by atoms with van der Waals surface area (Å²) in [7, 11) is 0. The van der Waals surface area contributed by atoms with Crippen LogP contribution in [0.1, 0.15) is 18.2 Å². The van der Waals surface area contributed by atoms with E-state index in [0.29, 0.717) is 0 Å². The Morgan fingerprint density at radius 1 is 1.46 bits per heavy atom. The van der Waals surface area contributed by atoms with Gasteiger partial charge in [0.25, 0.3) is 0 Å². The molecule has 72 valence electrons. The van der Waals surface area contributed by atoms with E-state index in [1.165, 1.54) is 18.6 Å². The zero-order chi connectivity index (χ0) is 9.90. The van der Waals surface area contributed by atoms with Crippen LogP contribution in [0.4, 0.5) is 13.2 Å². The molecule has 0 saturated carbocycles. The van der Waals surface area contributed by atoms with Gasteiger partial charge in [0.15, 0.2) is 0 Å². The third kappa shape index (κ3) is 3.37. The molecule has 1 aromatic heterocycles. The first kappa shape index (κ1) is 9.91. The van der Waals surface area contributed by atoms with Crippen molar-refractivity contribution in [3.63, 3.8) is 0 Å². The van der Waals surface area contributed by atoms with Crippen molar-refractivity contribution in [2.45, 2.75) is 18.6 Å². The summed E-state index contributed by atoms with van der Waals surface area (Å²) in [6.07, 6.45) is -2.79. The van der Waals surface area contributed by atoms with Crippen molar-refractivity contribution in [2.24, 2.45) is 5.73 Å². The predicted molar refractivity (Wildman–Crippen MR) is 39.6 cm³/mol. The SMILES string of the molecule is NC(CC(F)(F)F)c1ccncn1. The smallest absolute Gasteiger partial charge is 0.322 e. The highest BCUT2D eigenvalue weighted by Gasteiger charge is 2.31. The lowest BCUT2D eigenvalue weighted by molar-refractivity contribution is -0.138. The number of hydrogen-bond donors (Lipinski definition) is 1. The molecule has 0 aliphatic heterocycles. The Bertz CT molecular complexity index is 259.